The third-order valence-corrected chi connectivity index (χ3v) is 3.51. The molecule has 1 amide bonds. The Morgan fingerprint density at radius 1 is 1.45 bits per heavy atom. The van der Waals surface area contributed by atoms with E-state index < -0.39 is 0 Å². The Kier molecular flexibility index (Phi) is 3.99. The van der Waals surface area contributed by atoms with E-state index in [0.29, 0.717) is 22.8 Å². The summed E-state index contributed by atoms with van der Waals surface area (Å²) in [7, 11) is 1.72. The van der Waals surface area contributed by atoms with Crippen LogP contribution < -0.4 is 5.73 Å². The standard InChI is InChI=1S/C14H16ClN3O2/c1-8-11(9(2)20-17-8)7-18(3)14(19)10-4-5-12(15)13(16)6-10/h4-6H,7,16H2,1-3H3. The molecule has 0 bridgehead atoms. The highest BCUT2D eigenvalue weighted by atomic mass is 35.5. The highest BCUT2D eigenvalue weighted by Gasteiger charge is 2.17. The number of hydrogen-bond acceptors (Lipinski definition) is 4. The van der Waals surface area contributed by atoms with Crippen LogP contribution in [0, 0.1) is 13.8 Å². The lowest BCUT2D eigenvalue weighted by molar-refractivity contribution is 0.0784. The van der Waals surface area contributed by atoms with Crippen molar-refractivity contribution in [2.75, 3.05) is 12.8 Å². The molecule has 2 rings (SSSR count). The number of nitrogen functional groups attached to an aromatic ring is 1. The number of rotatable bonds is 3. The summed E-state index contributed by atoms with van der Waals surface area (Å²) in [6, 6.07) is 4.85. The van der Waals surface area contributed by atoms with Crippen molar-refractivity contribution in [1.82, 2.24) is 10.1 Å². The molecule has 2 N–H and O–H groups in total. The summed E-state index contributed by atoms with van der Waals surface area (Å²) >= 11 is 5.85. The molecule has 0 fully saturated rings. The van der Waals surface area contributed by atoms with Crippen molar-refractivity contribution < 1.29 is 9.32 Å². The Hall–Kier alpha value is -2.01. The summed E-state index contributed by atoms with van der Waals surface area (Å²) < 4.78 is 5.09. The van der Waals surface area contributed by atoms with Crippen LogP contribution >= 0.6 is 11.6 Å². The maximum absolute atomic E-state index is 12.3. The number of amides is 1. The molecule has 0 aliphatic heterocycles. The minimum absolute atomic E-state index is 0.131. The molecule has 0 saturated carbocycles. The Labute approximate surface area is 122 Å². The fraction of sp³-hybridized carbons (Fsp3) is 0.286. The van der Waals surface area contributed by atoms with E-state index >= 15 is 0 Å². The number of benzene rings is 1. The molecule has 106 valence electrons. The SMILES string of the molecule is Cc1noc(C)c1CN(C)C(=O)c1ccc(Cl)c(N)c1. The van der Waals surface area contributed by atoms with Crippen LogP contribution in [0.2, 0.25) is 5.02 Å². The summed E-state index contributed by atoms with van der Waals surface area (Å²) in [5, 5.41) is 4.32. The first-order chi connectivity index (χ1) is 9.40. The average Bonchev–Trinajstić information content (AvgIpc) is 2.72. The molecule has 1 heterocycles. The fourth-order valence-electron chi connectivity index (χ4n) is 1.93. The van der Waals surface area contributed by atoms with Crippen LogP contribution in [-0.4, -0.2) is 23.0 Å². The van der Waals surface area contributed by atoms with Gasteiger partial charge >= 0.3 is 0 Å². The molecular formula is C14H16ClN3O2. The molecule has 0 spiro atoms. The summed E-state index contributed by atoms with van der Waals surface area (Å²) in [6.45, 7) is 4.11. The van der Waals surface area contributed by atoms with E-state index in [0.717, 1.165) is 17.0 Å². The summed E-state index contributed by atoms with van der Waals surface area (Å²) in [5.41, 5.74) is 8.32. The van der Waals surface area contributed by atoms with Gasteiger partial charge in [-0.05, 0) is 32.0 Å². The zero-order valence-corrected chi connectivity index (χ0v) is 12.4. The van der Waals surface area contributed by atoms with Crippen molar-refractivity contribution in [2.24, 2.45) is 0 Å². The summed E-state index contributed by atoms with van der Waals surface area (Å²) in [5.74, 6) is 0.589. The number of carbonyl (C=O) groups excluding carboxylic acids is 1. The quantitative estimate of drug-likeness (QED) is 0.883. The van der Waals surface area contributed by atoms with Crippen LogP contribution in [0.4, 0.5) is 5.69 Å². The monoisotopic (exact) mass is 293 g/mol. The lowest BCUT2D eigenvalue weighted by Crippen LogP contribution is -2.26. The smallest absolute Gasteiger partial charge is 0.253 e. The van der Waals surface area contributed by atoms with E-state index in [2.05, 4.69) is 5.16 Å². The first kappa shape index (κ1) is 14.4. The van der Waals surface area contributed by atoms with E-state index in [1.165, 1.54) is 0 Å². The van der Waals surface area contributed by atoms with Gasteiger partial charge in [0, 0.05) is 18.2 Å². The maximum Gasteiger partial charge on any atom is 0.253 e. The molecule has 1 aromatic heterocycles. The molecular weight excluding hydrogens is 278 g/mol. The second kappa shape index (κ2) is 5.54. The van der Waals surface area contributed by atoms with E-state index in [4.69, 9.17) is 21.9 Å². The number of nitrogens with two attached hydrogens (primary N) is 1. The highest BCUT2D eigenvalue weighted by Crippen LogP contribution is 2.21. The zero-order chi connectivity index (χ0) is 14.9. The molecule has 1 aromatic carbocycles. The number of aromatic nitrogens is 1. The number of hydrogen-bond donors (Lipinski definition) is 1. The van der Waals surface area contributed by atoms with Crippen molar-refractivity contribution in [2.45, 2.75) is 20.4 Å². The van der Waals surface area contributed by atoms with Gasteiger partial charge < -0.3 is 15.2 Å². The maximum atomic E-state index is 12.3. The van der Waals surface area contributed by atoms with Gasteiger partial charge in [-0.1, -0.05) is 16.8 Å². The van der Waals surface area contributed by atoms with E-state index in [1.807, 2.05) is 13.8 Å². The van der Waals surface area contributed by atoms with Gasteiger partial charge in [-0.2, -0.15) is 0 Å². The van der Waals surface area contributed by atoms with Crippen LogP contribution in [0.15, 0.2) is 22.7 Å². The largest absolute Gasteiger partial charge is 0.398 e. The van der Waals surface area contributed by atoms with Gasteiger partial charge in [0.1, 0.15) is 5.76 Å². The molecule has 0 saturated heterocycles. The molecule has 0 unspecified atom stereocenters. The van der Waals surface area contributed by atoms with E-state index in [1.54, 1.807) is 30.1 Å². The number of nitrogens with zero attached hydrogens (tertiary/aromatic N) is 2. The summed E-state index contributed by atoms with van der Waals surface area (Å²) in [4.78, 5) is 13.9. The molecule has 0 atom stereocenters. The molecule has 0 aliphatic rings. The number of aryl methyl sites for hydroxylation is 2. The van der Waals surface area contributed by atoms with Crippen LogP contribution in [0.5, 0.6) is 0 Å². The van der Waals surface area contributed by atoms with Gasteiger partial charge in [0.25, 0.3) is 5.91 Å². The molecule has 0 aliphatic carbocycles. The van der Waals surface area contributed by atoms with Crippen molar-refractivity contribution >= 4 is 23.2 Å². The van der Waals surface area contributed by atoms with Gasteiger partial charge in [0.2, 0.25) is 0 Å². The third kappa shape index (κ3) is 2.77. The normalized spacial score (nSPS) is 10.6. The first-order valence-electron chi connectivity index (χ1n) is 6.12. The van der Waals surface area contributed by atoms with E-state index in [-0.39, 0.29) is 5.91 Å². The second-order valence-corrected chi connectivity index (χ2v) is 5.11. The van der Waals surface area contributed by atoms with Crippen LogP contribution in [-0.2, 0) is 6.54 Å². The van der Waals surface area contributed by atoms with Gasteiger partial charge in [0.05, 0.1) is 22.9 Å². The molecule has 0 radical (unpaired) electrons. The highest BCUT2D eigenvalue weighted by molar-refractivity contribution is 6.33. The number of halogens is 1. The predicted octanol–water partition coefficient (Wildman–Crippen LogP) is 2.80. The Morgan fingerprint density at radius 2 is 2.15 bits per heavy atom. The lowest BCUT2D eigenvalue weighted by Gasteiger charge is -2.17. The molecule has 2 aromatic rings. The van der Waals surface area contributed by atoms with Gasteiger partial charge in [-0.15, -0.1) is 0 Å². The van der Waals surface area contributed by atoms with Crippen molar-refractivity contribution in [3.05, 3.63) is 45.8 Å². The Morgan fingerprint density at radius 3 is 2.70 bits per heavy atom. The average molecular weight is 294 g/mol. The Bertz CT molecular complexity index is 632. The molecule has 5 nitrogen and oxygen atoms in total. The number of anilines is 1. The third-order valence-electron chi connectivity index (χ3n) is 3.17. The predicted molar refractivity (Wildman–Crippen MR) is 77.6 cm³/mol. The van der Waals surface area contributed by atoms with Crippen LogP contribution in [0.25, 0.3) is 0 Å². The van der Waals surface area contributed by atoms with Gasteiger partial charge in [-0.25, -0.2) is 0 Å². The van der Waals surface area contributed by atoms with Crippen molar-refractivity contribution in [1.29, 1.82) is 0 Å². The van der Waals surface area contributed by atoms with Gasteiger partial charge in [0.15, 0.2) is 0 Å². The number of carbonyl (C=O) groups is 1. The summed E-state index contributed by atoms with van der Waals surface area (Å²) in [6.07, 6.45) is 0. The molecule has 6 heteroatoms. The van der Waals surface area contributed by atoms with Crippen molar-refractivity contribution in [3.63, 3.8) is 0 Å². The van der Waals surface area contributed by atoms with Gasteiger partial charge in [-0.3, -0.25) is 4.79 Å². The fourth-order valence-corrected chi connectivity index (χ4v) is 2.05. The zero-order valence-electron chi connectivity index (χ0n) is 11.6. The van der Waals surface area contributed by atoms with E-state index in [9.17, 15) is 4.79 Å². The second-order valence-electron chi connectivity index (χ2n) is 4.70. The minimum Gasteiger partial charge on any atom is -0.398 e. The minimum atomic E-state index is -0.131. The molecule has 20 heavy (non-hydrogen) atoms. The van der Waals surface area contributed by atoms with Crippen molar-refractivity contribution in [3.8, 4) is 0 Å². The van der Waals surface area contributed by atoms with Crippen LogP contribution in [0.3, 0.4) is 0 Å². The Balaban J connectivity index is 2.18. The van der Waals surface area contributed by atoms with Crippen LogP contribution in [0.1, 0.15) is 27.4 Å². The first-order valence-corrected chi connectivity index (χ1v) is 6.50. The lowest BCUT2D eigenvalue weighted by atomic mass is 10.1. The topological polar surface area (TPSA) is 72.4 Å².